The van der Waals surface area contributed by atoms with Crippen LogP contribution in [0.1, 0.15) is 6.42 Å². The topological polar surface area (TPSA) is 41.3 Å². The van der Waals surface area contributed by atoms with Crippen LogP contribution in [0.2, 0.25) is 0 Å². The maximum Gasteiger partial charge on any atom is 0.0740 e. The molecule has 0 spiro atoms. The summed E-state index contributed by atoms with van der Waals surface area (Å²) in [4.78, 5) is 0.560. The molecule has 0 bridgehead atoms. The zero-order chi connectivity index (χ0) is 7.28. The van der Waals surface area contributed by atoms with Crippen molar-refractivity contribution in [3.63, 3.8) is 0 Å². The van der Waals surface area contributed by atoms with Gasteiger partial charge in [0, 0.05) is 27.1 Å². The second kappa shape index (κ2) is 4.67. The SMILES string of the molecule is CN(C)NCCC(N)=S. The molecule has 9 heavy (non-hydrogen) atoms. The van der Waals surface area contributed by atoms with Gasteiger partial charge in [-0.15, -0.1) is 0 Å². The van der Waals surface area contributed by atoms with Crippen LogP contribution >= 0.6 is 12.2 Å². The van der Waals surface area contributed by atoms with Gasteiger partial charge < -0.3 is 5.73 Å². The molecule has 0 amide bonds. The Balaban J connectivity index is 3.01. The first-order chi connectivity index (χ1) is 4.13. The van der Waals surface area contributed by atoms with E-state index in [2.05, 4.69) is 17.6 Å². The molecule has 4 heteroatoms. The van der Waals surface area contributed by atoms with Gasteiger partial charge in [0.1, 0.15) is 0 Å². The molecule has 0 aromatic heterocycles. The maximum absolute atomic E-state index is 5.25. The van der Waals surface area contributed by atoms with Gasteiger partial charge in [-0.2, -0.15) is 0 Å². The monoisotopic (exact) mass is 147 g/mol. The fourth-order valence-electron chi connectivity index (χ4n) is 0.403. The molecule has 0 saturated heterocycles. The zero-order valence-electron chi connectivity index (χ0n) is 5.85. The van der Waals surface area contributed by atoms with Gasteiger partial charge in [-0.05, 0) is 0 Å². The van der Waals surface area contributed by atoms with E-state index < -0.39 is 0 Å². The zero-order valence-corrected chi connectivity index (χ0v) is 6.66. The molecule has 54 valence electrons. The Kier molecular flexibility index (Phi) is 4.57. The molecule has 0 saturated carbocycles. The quantitative estimate of drug-likeness (QED) is 0.424. The Morgan fingerprint density at radius 2 is 2.22 bits per heavy atom. The van der Waals surface area contributed by atoms with Crippen LogP contribution < -0.4 is 11.2 Å². The van der Waals surface area contributed by atoms with Crippen LogP contribution in [0.4, 0.5) is 0 Å². The second-order valence-electron chi connectivity index (χ2n) is 2.02. The Morgan fingerprint density at radius 1 is 1.67 bits per heavy atom. The highest BCUT2D eigenvalue weighted by molar-refractivity contribution is 7.80. The summed E-state index contributed by atoms with van der Waals surface area (Å²) in [6.45, 7) is 0.822. The lowest BCUT2D eigenvalue weighted by Crippen LogP contribution is -2.32. The van der Waals surface area contributed by atoms with Gasteiger partial charge in [0.05, 0.1) is 4.99 Å². The third kappa shape index (κ3) is 7.81. The van der Waals surface area contributed by atoms with Gasteiger partial charge >= 0.3 is 0 Å². The Morgan fingerprint density at radius 3 is 2.56 bits per heavy atom. The molecule has 0 aliphatic heterocycles. The third-order valence-corrected chi connectivity index (χ3v) is 1.00. The minimum absolute atomic E-state index is 0.560. The largest absolute Gasteiger partial charge is 0.393 e. The summed E-state index contributed by atoms with van der Waals surface area (Å²) in [6, 6.07) is 0. The maximum atomic E-state index is 5.25. The normalized spacial score (nSPS) is 10.1. The first-order valence-corrected chi connectivity index (χ1v) is 3.23. The second-order valence-corrected chi connectivity index (χ2v) is 2.54. The highest BCUT2D eigenvalue weighted by Crippen LogP contribution is 1.75. The van der Waals surface area contributed by atoms with Gasteiger partial charge in [0.2, 0.25) is 0 Å². The van der Waals surface area contributed by atoms with E-state index in [1.807, 2.05) is 19.1 Å². The standard InChI is InChI=1S/C5H13N3S/c1-8(2)7-4-3-5(6)9/h7H,3-4H2,1-2H3,(H2,6,9). The average Bonchev–Trinajstić information content (AvgIpc) is 1.63. The van der Waals surface area contributed by atoms with Crippen molar-refractivity contribution >= 4 is 17.2 Å². The molecule has 0 aliphatic rings. The van der Waals surface area contributed by atoms with Crippen LogP contribution in [0.3, 0.4) is 0 Å². The predicted octanol–water partition coefficient (Wildman–Crippen LogP) is -0.271. The number of rotatable bonds is 4. The Bertz CT molecular complexity index is 92.2. The van der Waals surface area contributed by atoms with E-state index in [0.29, 0.717) is 4.99 Å². The molecular weight excluding hydrogens is 134 g/mol. The van der Waals surface area contributed by atoms with Crippen LogP contribution in [-0.4, -0.2) is 30.6 Å². The number of hydrazine groups is 1. The van der Waals surface area contributed by atoms with E-state index in [-0.39, 0.29) is 0 Å². The first kappa shape index (κ1) is 8.81. The summed E-state index contributed by atoms with van der Waals surface area (Å²) in [7, 11) is 3.86. The van der Waals surface area contributed by atoms with Crippen LogP contribution in [0.25, 0.3) is 0 Å². The predicted molar refractivity (Wildman–Crippen MR) is 43.1 cm³/mol. The summed E-state index contributed by atoms with van der Waals surface area (Å²) in [5.74, 6) is 0. The van der Waals surface area contributed by atoms with Gasteiger partial charge in [-0.1, -0.05) is 12.2 Å². The van der Waals surface area contributed by atoms with Crippen molar-refractivity contribution in [2.75, 3.05) is 20.6 Å². The summed E-state index contributed by atoms with van der Waals surface area (Å²) in [6.07, 6.45) is 0.757. The van der Waals surface area contributed by atoms with Crippen molar-refractivity contribution in [1.29, 1.82) is 0 Å². The molecule has 0 aliphatic carbocycles. The summed E-state index contributed by atoms with van der Waals surface area (Å²) >= 11 is 4.67. The van der Waals surface area contributed by atoms with Crippen molar-refractivity contribution < 1.29 is 0 Å². The molecule has 0 rings (SSSR count). The van der Waals surface area contributed by atoms with Crippen LogP contribution in [0, 0.1) is 0 Å². The average molecular weight is 147 g/mol. The Labute approximate surface area is 61.2 Å². The highest BCUT2D eigenvalue weighted by atomic mass is 32.1. The van der Waals surface area contributed by atoms with E-state index in [1.165, 1.54) is 0 Å². The van der Waals surface area contributed by atoms with Crippen molar-refractivity contribution in [3.8, 4) is 0 Å². The van der Waals surface area contributed by atoms with Gasteiger partial charge in [-0.3, -0.25) is 10.4 Å². The summed E-state index contributed by atoms with van der Waals surface area (Å²) in [5, 5.41) is 1.87. The molecule has 3 nitrogen and oxygen atoms in total. The summed E-state index contributed by atoms with van der Waals surface area (Å²) in [5.41, 5.74) is 8.29. The lowest BCUT2D eigenvalue weighted by atomic mass is 10.4. The van der Waals surface area contributed by atoms with Gasteiger partial charge in [0.25, 0.3) is 0 Å². The Hall–Kier alpha value is -0.190. The van der Waals surface area contributed by atoms with E-state index in [9.17, 15) is 0 Å². The number of hydrogen-bond donors (Lipinski definition) is 2. The minimum Gasteiger partial charge on any atom is -0.393 e. The number of nitrogens with zero attached hydrogens (tertiary/aromatic N) is 1. The lowest BCUT2D eigenvalue weighted by Gasteiger charge is -2.10. The molecular formula is C5H13N3S. The van der Waals surface area contributed by atoms with Crippen molar-refractivity contribution in [3.05, 3.63) is 0 Å². The molecule has 0 fully saturated rings. The van der Waals surface area contributed by atoms with Crippen LogP contribution in [0.15, 0.2) is 0 Å². The van der Waals surface area contributed by atoms with Crippen LogP contribution in [-0.2, 0) is 0 Å². The van der Waals surface area contributed by atoms with Gasteiger partial charge in [-0.25, -0.2) is 0 Å². The van der Waals surface area contributed by atoms with Crippen molar-refractivity contribution in [1.82, 2.24) is 10.4 Å². The summed E-state index contributed by atoms with van der Waals surface area (Å²) < 4.78 is 0. The van der Waals surface area contributed by atoms with Crippen LogP contribution in [0.5, 0.6) is 0 Å². The lowest BCUT2D eigenvalue weighted by molar-refractivity contribution is 0.295. The number of nitrogens with one attached hydrogen (secondary N) is 1. The molecule has 0 heterocycles. The molecule has 0 atom stereocenters. The first-order valence-electron chi connectivity index (χ1n) is 2.82. The van der Waals surface area contributed by atoms with Crippen molar-refractivity contribution in [2.24, 2.45) is 5.73 Å². The van der Waals surface area contributed by atoms with E-state index in [0.717, 1.165) is 13.0 Å². The minimum atomic E-state index is 0.560. The highest BCUT2D eigenvalue weighted by Gasteiger charge is 1.89. The van der Waals surface area contributed by atoms with Crippen molar-refractivity contribution in [2.45, 2.75) is 6.42 Å². The van der Waals surface area contributed by atoms with E-state index in [4.69, 9.17) is 5.73 Å². The number of nitrogens with two attached hydrogens (primary N) is 1. The third-order valence-electron chi connectivity index (χ3n) is 0.799. The smallest absolute Gasteiger partial charge is 0.0740 e. The van der Waals surface area contributed by atoms with E-state index >= 15 is 0 Å². The molecule has 0 aromatic rings. The number of thiocarbonyl (C=S) groups is 1. The number of hydrogen-bond acceptors (Lipinski definition) is 3. The molecule has 0 unspecified atom stereocenters. The molecule has 3 N–H and O–H groups in total. The fraction of sp³-hybridized carbons (Fsp3) is 0.800. The molecule has 0 aromatic carbocycles. The molecule has 0 radical (unpaired) electrons. The fourth-order valence-corrected chi connectivity index (χ4v) is 0.505. The van der Waals surface area contributed by atoms with Gasteiger partial charge in [0.15, 0.2) is 0 Å². The van der Waals surface area contributed by atoms with E-state index in [1.54, 1.807) is 0 Å².